The summed E-state index contributed by atoms with van der Waals surface area (Å²) in [7, 11) is 1.70. The highest BCUT2D eigenvalue weighted by Gasteiger charge is 2.33. The van der Waals surface area contributed by atoms with Gasteiger partial charge in [-0.05, 0) is 87.7 Å². The van der Waals surface area contributed by atoms with Crippen molar-refractivity contribution in [3.8, 4) is 0 Å². The molecule has 0 aliphatic heterocycles. The van der Waals surface area contributed by atoms with Crippen LogP contribution in [-0.2, 0) is 9.53 Å². The number of aromatic carboxylic acids is 1. The molecule has 33 heavy (non-hydrogen) atoms. The maximum atomic E-state index is 13.7. The van der Waals surface area contributed by atoms with Crippen molar-refractivity contribution in [1.82, 2.24) is 0 Å². The molecule has 1 saturated carbocycles. The number of anilines is 1. The first-order valence-electron chi connectivity index (χ1n) is 12.5. The molecule has 0 radical (unpaired) electrons. The molecule has 1 N–H and O–H groups in total. The number of allylic oxidation sites excluding steroid dienone is 2. The van der Waals surface area contributed by atoms with Gasteiger partial charge in [-0.15, -0.1) is 11.3 Å². The lowest BCUT2D eigenvalue weighted by atomic mass is 9.77. The average molecular weight is 476 g/mol. The van der Waals surface area contributed by atoms with Crippen LogP contribution in [0.2, 0.25) is 0 Å². The molecule has 1 atom stereocenters. The second-order valence-electron chi connectivity index (χ2n) is 10.9. The molecule has 1 amide bonds. The molecule has 5 nitrogen and oxygen atoms in total. The second kappa shape index (κ2) is 11.2. The van der Waals surface area contributed by atoms with E-state index in [2.05, 4.69) is 26.8 Å². The lowest BCUT2D eigenvalue weighted by Gasteiger charge is -2.31. The van der Waals surface area contributed by atoms with Gasteiger partial charge in [-0.3, -0.25) is 4.79 Å². The van der Waals surface area contributed by atoms with E-state index in [1.165, 1.54) is 16.9 Å². The van der Waals surface area contributed by atoms with Gasteiger partial charge in [0, 0.05) is 24.4 Å². The predicted octanol–water partition coefficient (Wildman–Crippen LogP) is 7.01. The van der Waals surface area contributed by atoms with Crippen LogP contribution in [0, 0.1) is 17.3 Å². The van der Waals surface area contributed by atoms with Crippen molar-refractivity contribution >= 4 is 34.5 Å². The van der Waals surface area contributed by atoms with Crippen molar-refractivity contribution in [2.75, 3.05) is 18.6 Å². The number of rotatable bonds is 9. The van der Waals surface area contributed by atoms with Crippen molar-refractivity contribution in [2.45, 2.75) is 91.6 Å². The van der Waals surface area contributed by atoms with Crippen molar-refractivity contribution in [3.63, 3.8) is 0 Å². The van der Waals surface area contributed by atoms with Gasteiger partial charge in [-0.1, -0.05) is 26.8 Å². The number of carbonyl (C=O) groups is 2. The minimum Gasteiger partial charge on any atom is -0.477 e. The number of nitrogens with zero attached hydrogens (tertiary/aromatic N) is 1. The van der Waals surface area contributed by atoms with E-state index in [9.17, 15) is 14.7 Å². The molecule has 6 heteroatoms. The van der Waals surface area contributed by atoms with Crippen LogP contribution >= 0.6 is 11.3 Å². The van der Waals surface area contributed by atoms with E-state index in [0.29, 0.717) is 18.2 Å². The van der Waals surface area contributed by atoms with E-state index in [1.54, 1.807) is 12.0 Å². The van der Waals surface area contributed by atoms with E-state index in [-0.39, 0.29) is 28.2 Å². The Kier molecular flexibility index (Phi) is 8.79. The Balaban J connectivity index is 1.92. The summed E-state index contributed by atoms with van der Waals surface area (Å²) in [4.78, 5) is 29.0. The molecule has 1 fully saturated rings. The molecule has 0 bridgehead atoms. The van der Waals surface area contributed by atoms with Gasteiger partial charge in [-0.25, -0.2) is 4.79 Å². The Labute approximate surface area is 203 Å². The predicted molar refractivity (Wildman–Crippen MR) is 136 cm³/mol. The van der Waals surface area contributed by atoms with Crippen LogP contribution in [0.1, 0.15) is 100 Å². The minimum absolute atomic E-state index is 0.0149. The maximum Gasteiger partial charge on any atom is 0.348 e. The van der Waals surface area contributed by atoms with E-state index < -0.39 is 5.97 Å². The molecule has 184 valence electrons. The van der Waals surface area contributed by atoms with Gasteiger partial charge in [0.05, 0.1) is 11.8 Å². The lowest BCUT2D eigenvalue weighted by molar-refractivity contribution is -0.123. The van der Waals surface area contributed by atoms with Crippen LogP contribution in [0.15, 0.2) is 12.1 Å². The Morgan fingerprint density at radius 2 is 1.97 bits per heavy atom. The summed E-state index contributed by atoms with van der Waals surface area (Å²) in [6.45, 7) is 9.33. The summed E-state index contributed by atoms with van der Waals surface area (Å²) in [5.74, 6) is -0.207. The molecule has 3 rings (SSSR count). The lowest BCUT2D eigenvalue weighted by Crippen LogP contribution is -2.39. The Bertz CT molecular complexity index is 863. The average Bonchev–Trinajstić information content (AvgIpc) is 3.21. The number of ether oxygens (including phenoxy) is 1. The Morgan fingerprint density at radius 3 is 2.58 bits per heavy atom. The van der Waals surface area contributed by atoms with E-state index in [4.69, 9.17) is 4.74 Å². The zero-order chi connectivity index (χ0) is 24.2. The van der Waals surface area contributed by atoms with Gasteiger partial charge in [0.15, 0.2) is 0 Å². The fourth-order valence-corrected chi connectivity index (χ4v) is 6.16. The molecule has 0 spiro atoms. The quantitative estimate of drug-likeness (QED) is 0.417. The normalized spacial score (nSPS) is 23.6. The Hall–Kier alpha value is -1.66. The number of carboxylic acids is 1. The highest BCUT2D eigenvalue weighted by atomic mass is 32.1. The molecular formula is C27H41NO4S. The van der Waals surface area contributed by atoms with Crippen LogP contribution < -0.4 is 4.90 Å². The van der Waals surface area contributed by atoms with Gasteiger partial charge in [-0.2, -0.15) is 0 Å². The molecule has 1 heterocycles. The van der Waals surface area contributed by atoms with Crippen LogP contribution in [0.5, 0.6) is 0 Å². The van der Waals surface area contributed by atoms with Gasteiger partial charge in [0.2, 0.25) is 5.91 Å². The third-order valence-corrected chi connectivity index (χ3v) is 8.61. The van der Waals surface area contributed by atoms with Crippen molar-refractivity contribution in [2.24, 2.45) is 17.3 Å². The van der Waals surface area contributed by atoms with Crippen molar-refractivity contribution < 1.29 is 19.4 Å². The second-order valence-corrected chi connectivity index (χ2v) is 11.9. The minimum atomic E-state index is -0.947. The van der Waals surface area contributed by atoms with E-state index in [1.807, 2.05) is 13.0 Å². The summed E-state index contributed by atoms with van der Waals surface area (Å²) in [5.41, 5.74) is 2.01. The molecule has 2 aliphatic rings. The highest BCUT2D eigenvalue weighted by molar-refractivity contribution is 7.15. The SMILES string of the molecule is COC(C)CCCN(C(=O)C1CCC(C)CC1)c1cc(C2=CCCC(C)(C)C2)sc1C(=O)O. The molecular weight excluding hydrogens is 434 g/mol. The van der Waals surface area contributed by atoms with E-state index >= 15 is 0 Å². The topological polar surface area (TPSA) is 66.8 Å². The van der Waals surface area contributed by atoms with Gasteiger partial charge < -0.3 is 14.7 Å². The smallest absolute Gasteiger partial charge is 0.348 e. The number of amides is 1. The van der Waals surface area contributed by atoms with Crippen LogP contribution in [0.4, 0.5) is 5.69 Å². The number of thiophene rings is 1. The Morgan fingerprint density at radius 1 is 1.27 bits per heavy atom. The van der Waals surface area contributed by atoms with Crippen LogP contribution in [0.3, 0.4) is 0 Å². The van der Waals surface area contributed by atoms with Gasteiger partial charge in [0.1, 0.15) is 4.88 Å². The standard InChI is InChI=1S/C27H41NO4S/c1-18-10-12-20(13-11-18)25(29)28(15-7-8-19(2)32-5)22-16-23(33-24(22)26(30)31)21-9-6-14-27(3,4)17-21/h9,16,18-20H,6-8,10-15,17H2,1-5H3,(H,30,31). The molecule has 0 saturated heterocycles. The molecule has 2 aliphatic carbocycles. The van der Waals surface area contributed by atoms with Crippen molar-refractivity contribution in [1.29, 1.82) is 0 Å². The fourth-order valence-electron chi connectivity index (χ4n) is 5.13. The van der Waals surface area contributed by atoms with Crippen LogP contribution in [-0.4, -0.2) is 36.7 Å². The van der Waals surface area contributed by atoms with E-state index in [0.717, 1.165) is 62.7 Å². The highest BCUT2D eigenvalue weighted by Crippen LogP contribution is 2.44. The van der Waals surface area contributed by atoms with Gasteiger partial charge in [0.25, 0.3) is 0 Å². The molecule has 1 aromatic rings. The fraction of sp³-hybridized carbons (Fsp3) is 0.704. The van der Waals surface area contributed by atoms with Crippen molar-refractivity contribution in [3.05, 3.63) is 21.9 Å². The third-order valence-electron chi connectivity index (χ3n) is 7.42. The number of methoxy groups -OCH3 is 1. The summed E-state index contributed by atoms with van der Waals surface area (Å²) < 4.78 is 5.39. The monoisotopic (exact) mass is 475 g/mol. The zero-order valence-corrected chi connectivity index (χ0v) is 21.8. The first-order valence-corrected chi connectivity index (χ1v) is 13.3. The van der Waals surface area contributed by atoms with Gasteiger partial charge >= 0.3 is 5.97 Å². The largest absolute Gasteiger partial charge is 0.477 e. The summed E-state index contributed by atoms with van der Waals surface area (Å²) in [6.07, 6.45) is 11.0. The number of carbonyl (C=O) groups excluding carboxylic acids is 1. The summed E-state index contributed by atoms with van der Waals surface area (Å²) in [5, 5.41) is 10.0. The molecule has 1 unspecified atom stereocenters. The number of hydrogen-bond donors (Lipinski definition) is 1. The number of carboxylic acid groups (broad SMARTS) is 1. The molecule has 1 aromatic heterocycles. The summed E-state index contributed by atoms with van der Waals surface area (Å²) >= 11 is 1.33. The zero-order valence-electron chi connectivity index (χ0n) is 21.0. The first-order chi connectivity index (χ1) is 15.6. The van der Waals surface area contributed by atoms with Crippen LogP contribution in [0.25, 0.3) is 5.57 Å². The summed E-state index contributed by atoms with van der Waals surface area (Å²) in [6, 6.07) is 1.98. The number of hydrogen-bond acceptors (Lipinski definition) is 4. The maximum absolute atomic E-state index is 13.7. The third kappa shape index (κ3) is 6.69. The first kappa shape index (κ1) is 26.0. The molecule has 0 aromatic carbocycles.